The van der Waals surface area contributed by atoms with E-state index in [0.29, 0.717) is 25.7 Å². The fourth-order valence-corrected chi connectivity index (χ4v) is 3.93. The summed E-state index contributed by atoms with van der Waals surface area (Å²) in [6, 6.07) is 13.8. The number of aryl methyl sites for hydroxylation is 2. The Morgan fingerprint density at radius 2 is 1.15 bits per heavy atom. The molecule has 1 fully saturated rings. The van der Waals surface area contributed by atoms with E-state index in [9.17, 15) is 0 Å². The van der Waals surface area contributed by atoms with Crippen molar-refractivity contribution in [1.82, 2.24) is 5.32 Å². The first-order chi connectivity index (χ1) is 12.8. The highest BCUT2D eigenvalue weighted by atomic mass is 35.5. The van der Waals surface area contributed by atoms with Crippen molar-refractivity contribution < 1.29 is 18.9 Å². The molecule has 0 bridgehead atoms. The van der Waals surface area contributed by atoms with Crippen LogP contribution in [-0.2, 0) is 12.8 Å². The third-order valence-corrected chi connectivity index (χ3v) is 5.48. The third-order valence-electron chi connectivity index (χ3n) is 5.48. The topological polar surface area (TPSA) is 49.0 Å². The van der Waals surface area contributed by atoms with Crippen LogP contribution in [0.3, 0.4) is 0 Å². The second-order valence-electron chi connectivity index (χ2n) is 7.25. The van der Waals surface area contributed by atoms with E-state index in [1.165, 1.54) is 30.4 Å². The van der Waals surface area contributed by atoms with E-state index < -0.39 is 0 Å². The monoisotopic (exact) mass is 389 g/mol. The summed E-state index contributed by atoms with van der Waals surface area (Å²) in [6.07, 6.45) is 5.74. The number of fused-ring (bicyclic) bond motifs is 2. The molecule has 0 amide bonds. The van der Waals surface area contributed by atoms with Crippen LogP contribution in [0, 0.1) is 0 Å². The van der Waals surface area contributed by atoms with E-state index in [1.54, 1.807) is 0 Å². The maximum absolute atomic E-state index is 5.45. The van der Waals surface area contributed by atoms with Crippen LogP contribution in [0.2, 0.25) is 0 Å². The Labute approximate surface area is 165 Å². The minimum absolute atomic E-state index is 0. The lowest BCUT2D eigenvalue weighted by Crippen LogP contribution is -2.52. The lowest BCUT2D eigenvalue weighted by molar-refractivity contribution is 0.173. The Balaban J connectivity index is 0.00000180. The van der Waals surface area contributed by atoms with Crippen molar-refractivity contribution in [2.75, 3.05) is 13.6 Å². The Morgan fingerprint density at radius 1 is 0.704 bits per heavy atom. The van der Waals surface area contributed by atoms with E-state index in [1.807, 2.05) is 12.1 Å². The highest BCUT2D eigenvalue weighted by Crippen LogP contribution is 2.34. The van der Waals surface area contributed by atoms with Crippen LogP contribution in [0.1, 0.15) is 30.4 Å². The van der Waals surface area contributed by atoms with Gasteiger partial charge in [-0.25, -0.2) is 0 Å². The van der Waals surface area contributed by atoms with E-state index in [0.717, 1.165) is 35.8 Å². The zero-order valence-electron chi connectivity index (χ0n) is 15.1. The zero-order valence-corrected chi connectivity index (χ0v) is 15.9. The molecule has 0 spiro atoms. The molecular formula is C21H24ClNO4. The number of nitrogens with one attached hydrogen (secondary N) is 1. The Morgan fingerprint density at radius 3 is 1.63 bits per heavy atom. The molecule has 0 aliphatic carbocycles. The molecule has 5 rings (SSSR count). The zero-order chi connectivity index (χ0) is 17.3. The molecule has 2 atom stereocenters. The third kappa shape index (κ3) is 3.94. The lowest BCUT2D eigenvalue weighted by atomic mass is 9.88. The van der Waals surface area contributed by atoms with Crippen LogP contribution in [0.25, 0.3) is 0 Å². The quantitative estimate of drug-likeness (QED) is 0.812. The highest BCUT2D eigenvalue weighted by Gasteiger charge is 2.27. The standard InChI is InChI=1S/C21H23NO4.ClH/c1(14-3-7-18-20(9-14)25-12-23-18)5-16-11-17(22-16)6-2-15-4-8-19-21(10-15)26-13-24-19;/h3-4,7-10,16-17,22H,1-2,5-6,11-13H2;1H/t16-,17-;/m1./s1. The summed E-state index contributed by atoms with van der Waals surface area (Å²) >= 11 is 0. The molecule has 144 valence electrons. The van der Waals surface area contributed by atoms with Gasteiger partial charge in [-0.2, -0.15) is 0 Å². The molecule has 6 heteroatoms. The van der Waals surface area contributed by atoms with Crippen molar-refractivity contribution in [3.8, 4) is 23.0 Å². The van der Waals surface area contributed by atoms with Crippen LogP contribution in [0.15, 0.2) is 36.4 Å². The van der Waals surface area contributed by atoms with Crippen molar-refractivity contribution in [1.29, 1.82) is 0 Å². The molecule has 5 nitrogen and oxygen atoms in total. The molecule has 0 saturated carbocycles. The molecule has 2 aromatic rings. The SMILES string of the molecule is Cl.c1cc2c(cc1CC[C@@H]1C[C@@H](CCc3ccc4c(c3)OCO4)N1)OCO2. The van der Waals surface area contributed by atoms with Gasteiger partial charge in [-0.05, 0) is 67.5 Å². The maximum atomic E-state index is 5.45. The molecule has 1 N–H and O–H groups in total. The fraction of sp³-hybridized carbons (Fsp3) is 0.429. The summed E-state index contributed by atoms with van der Waals surface area (Å²) in [5.74, 6) is 3.48. The van der Waals surface area contributed by atoms with Gasteiger partial charge in [0, 0.05) is 12.1 Å². The predicted molar refractivity (Wildman–Crippen MR) is 104 cm³/mol. The smallest absolute Gasteiger partial charge is 0.231 e. The van der Waals surface area contributed by atoms with Gasteiger partial charge < -0.3 is 24.3 Å². The number of benzene rings is 2. The molecule has 0 radical (unpaired) electrons. The molecular weight excluding hydrogens is 366 g/mol. The minimum atomic E-state index is 0. The summed E-state index contributed by atoms with van der Waals surface area (Å²) < 4.78 is 21.6. The Kier molecular flexibility index (Phi) is 5.32. The predicted octanol–water partition coefficient (Wildman–Crippen LogP) is 3.86. The lowest BCUT2D eigenvalue weighted by Gasteiger charge is -2.37. The van der Waals surface area contributed by atoms with E-state index in [4.69, 9.17) is 18.9 Å². The maximum Gasteiger partial charge on any atom is 0.231 e. The van der Waals surface area contributed by atoms with Crippen molar-refractivity contribution in [3.63, 3.8) is 0 Å². The summed E-state index contributed by atoms with van der Waals surface area (Å²) in [6.45, 7) is 0.683. The average Bonchev–Trinajstić information content (AvgIpc) is 3.27. The summed E-state index contributed by atoms with van der Waals surface area (Å²) in [7, 11) is 0. The molecule has 27 heavy (non-hydrogen) atoms. The number of ether oxygens (including phenoxy) is 4. The number of rotatable bonds is 6. The molecule has 0 aromatic heterocycles. The normalized spacial score (nSPS) is 21.5. The second-order valence-corrected chi connectivity index (χ2v) is 7.25. The minimum Gasteiger partial charge on any atom is -0.454 e. The van der Waals surface area contributed by atoms with Gasteiger partial charge in [-0.3, -0.25) is 0 Å². The van der Waals surface area contributed by atoms with Gasteiger partial charge in [0.1, 0.15) is 0 Å². The molecule has 0 unspecified atom stereocenters. The number of hydrogen-bond acceptors (Lipinski definition) is 5. The second kappa shape index (κ2) is 7.87. The van der Waals surface area contributed by atoms with Crippen molar-refractivity contribution in [2.24, 2.45) is 0 Å². The first-order valence-corrected chi connectivity index (χ1v) is 9.36. The first-order valence-electron chi connectivity index (χ1n) is 9.36. The van der Waals surface area contributed by atoms with Gasteiger partial charge in [0.25, 0.3) is 0 Å². The molecule has 1 saturated heterocycles. The molecule has 3 aliphatic rings. The molecule has 2 aromatic carbocycles. The van der Waals surface area contributed by atoms with E-state index in [-0.39, 0.29) is 12.4 Å². The van der Waals surface area contributed by atoms with Gasteiger partial charge in [0.15, 0.2) is 23.0 Å². The summed E-state index contributed by atoms with van der Waals surface area (Å²) in [5.41, 5.74) is 2.64. The van der Waals surface area contributed by atoms with Gasteiger partial charge in [0.2, 0.25) is 13.6 Å². The van der Waals surface area contributed by atoms with Gasteiger partial charge in [0.05, 0.1) is 0 Å². The largest absolute Gasteiger partial charge is 0.454 e. The van der Waals surface area contributed by atoms with Crippen LogP contribution < -0.4 is 24.3 Å². The average molecular weight is 390 g/mol. The van der Waals surface area contributed by atoms with Crippen molar-refractivity contribution >= 4 is 12.4 Å². The van der Waals surface area contributed by atoms with E-state index >= 15 is 0 Å². The van der Waals surface area contributed by atoms with Gasteiger partial charge >= 0.3 is 0 Å². The number of hydrogen-bond donors (Lipinski definition) is 1. The molecule has 3 aliphatic heterocycles. The Bertz CT molecular complexity index is 741. The van der Waals surface area contributed by atoms with Crippen LogP contribution in [-0.4, -0.2) is 25.7 Å². The van der Waals surface area contributed by atoms with Gasteiger partial charge in [-0.15, -0.1) is 12.4 Å². The fourth-order valence-electron chi connectivity index (χ4n) is 3.93. The summed E-state index contributed by atoms with van der Waals surface area (Å²) in [5, 5.41) is 3.71. The first kappa shape index (κ1) is 18.3. The van der Waals surface area contributed by atoms with Crippen LogP contribution >= 0.6 is 12.4 Å². The van der Waals surface area contributed by atoms with Gasteiger partial charge in [-0.1, -0.05) is 12.1 Å². The van der Waals surface area contributed by atoms with Crippen molar-refractivity contribution in [3.05, 3.63) is 47.5 Å². The van der Waals surface area contributed by atoms with Crippen molar-refractivity contribution in [2.45, 2.75) is 44.2 Å². The number of halogens is 1. The van der Waals surface area contributed by atoms with Crippen LogP contribution in [0.5, 0.6) is 23.0 Å². The summed E-state index contributed by atoms with van der Waals surface area (Å²) in [4.78, 5) is 0. The Hall–Kier alpha value is -2.11. The molecule has 3 heterocycles. The van der Waals surface area contributed by atoms with E-state index in [2.05, 4.69) is 29.6 Å². The highest BCUT2D eigenvalue weighted by molar-refractivity contribution is 5.85. The van der Waals surface area contributed by atoms with Crippen LogP contribution in [0.4, 0.5) is 0 Å².